The molecule has 0 unspecified atom stereocenters. The molecule has 96 heavy (non-hydrogen) atoms. The molecule has 4 aliphatic carbocycles. The van der Waals surface area contributed by atoms with Crippen molar-refractivity contribution in [3.8, 4) is 55.6 Å². The molecule has 0 N–H and O–H groups in total. The highest BCUT2D eigenvalue weighted by Gasteiger charge is 2.56. The highest BCUT2D eigenvalue weighted by atomic mass is 127. The summed E-state index contributed by atoms with van der Waals surface area (Å²) < 4.78 is 22.0. The SMILES string of the molecule is Brc1ccc2sc3ccc(-c4ccc5c(c4)C4(c6ccccc6-c6ccccc64)c4c-5ccc5ccccc45)cc3c2c1.Brc1ccc2sc3ccc(I)cc3c2c1.CC1(C)OB(c2ccc3c(c2)C2(c4ccccc4-c4ccccc42)c2c-3ccc3ccccc23)OC1(C)C. The van der Waals surface area contributed by atoms with Crippen LogP contribution in [0.1, 0.15) is 72.2 Å². The first-order valence-electron chi connectivity index (χ1n) is 32.8. The van der Waals surface area contributed by atoms with Gasteiger partial charge < -0.3 is 9.31 Å². The molecule has 3 heterocycles. The van der Waals surface area contributed by atoms with Gasteiger partial charge in [-0.05, 0) is 250 Å². The Balaban J connectivity index is 0.000000112. The van der Waals surface area contributed by atoms with Gasteiger partial charge in [0.15, 0.2) is 0 Å². The van der Waals surface area contributed by atoms with Gasteiger partial charge >= 0.3 is 7.12 Å². The lowest BCUT2D eigenvalue weighted by atomic mass is 9.67. The number of hydrogen-bond donors (Lipinski definition) is 0. The van der Waals surface area contributed by atoms with Gasteiger partial charge in [0.2, 0.25) is 0 Å². The molecule has 0 bridgehead atoms. The maximum absolute atomic E-state index is 6.53. The lowest BCUT2D eigenvalue weighted by Gasteiger charge is -2.32. The zero-order valence-electron chi connectivity index (χ0n) is 52.9. The minimum Gasteiger partial charge on any atom is -0.399 e. The molecule has 1 saturated heterocycles. The van der Waals surface area contributed by atoms with Crippen LogP contribution in [-0.4, -0.2) is 18.3 Å². The second-order valence-electron chi connectivity index (χ2n) is 27.1. The first-order valence-corrected chi connectivity index (χ1v) is 37.1. The van der Waals surface area contributed by atoms with Crippen molar-refractivity contribution in [2.45, 2.75) is 49.7 Å². The Morgan fingerprint density at radius 3 is 1.18 bits per heavy atom. The molecular formula is C88H58BBr2IO2S2. The fraction of sp³-hybridized carbons (Fsp3) is 0.0909. The summed E-state index contributed by atoms with van der Waals surface area (Å²) in [5, 5.41) is 10.5. The number of fused-ring (bicyclic) bond motifs is 30. The summed E-state index contributed by atoms with van der Waals surface area (Å²) >= 11 is 13.3. The van der Waals surface area contributed by atoms with E-state index in [0.29, 0.717) is 0 Å². The molecule has 2 nitrogen and oxygen atoms in total. The van der Waals surface area contributed by atoms with Crippen molar-refractivity contribution in [1.29, 1.82) is 0 Å². The Hall–Kier alpha value is -8.29. The number of rotatable bonds is 2. The quantitative estimate of drug-likeness (QED) is 0.127. The van der Waals surface area contributed by atoms with Crippen molar-refractivity contribution in [1.82, 2.24) is 0 Å². The minimum absolute atomic E-state index is 0.376. The lowest BCUT2D eigenvalue weighted by molar-refractivity contribution is 0.00578. The Morgan fingerprint density at radius 2 is 0.677 bits per heavy atom. The maximum atomic E-state index is 6.53. The van der Waals surface area contributed by atoms with Gasteiger partial charge in [-0.1, -0.05) is 238 Å². The molecule has 5 aliphatic rings. The van der Waals surface area contributed by atoms with Crippen LogP contribution in [-0.2, 0) is 20.1 Å². The van der Waals surface area contributed by atoms with Crippen LogP contribution in [0, 0.1) is 3.57 Å². The smallest absolute Gasteiger partial charge is 0.399 e. The van der Waals surface area contributed by atoms with E-state index in [0.717, 1.165) is 14.4 Å². The predicted molar refractivity (Wildman–Crippen MR) is 422 cm³/mol. The van der Waals surface area contributed by atoms with Crippen molar-refractivity contribution in [2.24, 2.45) is 0 Å². The Kier molecular flexibility index (Phi) is 13.4. The van der Waals surface area contributed by atoms with Crippen molar-refractivity contribution >= 4 is 152 Å². The summed E-state index contributed by atoms with van der Waals surface area (Å²) in [6, 6.07) is 104. The minimum atomic E-state index is -0.408. The number of hydrogen-bond acceptors (Lipinski definition) is 4. The van der Waals surface area contributed by atoms with Crippen molar-refractivity contribution < 1.29 is 9.31 Å². The van der Waals surface area contributed by atoms with E-state index in [-0.39, 0.29) is 16.6 Å². The fourth-order valence-electron chi connectivity index (χ4n) is 16.8. The molecule has 2 aromatic heterocycles. The molecule has 21 rings (SSSR count). The molecular weight excluding hydrogens is 1450 g/mol. The maximum Gasteiger partial charge on any atom is 0.494 e. The molecule has 1 aliphatic heterocycles. The molecule has 16 aromatic rings. The van der Waals surface area contributed by atoms with Gasteiger partial charge in [0, 0.05) is 52.9 Å². The summed E-state index contributed by atoms with van der Waals surface area (Å²) in [7, 11) is -0.408. The van der Waals surface area contributed by atoms with E-state index < -0.39 is 12.5 Å². The van der Waals surface area contributed by atoms with E-state index >= 15 is 0 Å². The van der Waals surface area contributed by atoms with Crippen molar-refractivity contribution in [3.63, 3.8) is 0 Å². The average Bonchev–Trinajstić information content (AvgIpc) is 1.51. The van der Waals surface area contributed by atoms with Crippen LogP contribution in [0.2, 0.25) is 0 Å². The third-order valence-corrected chi connectivity index (χ3v) is 25.6. The van der Waals surface area contributed by atoms with Gasteiger partial charge in [-0.3, -0.25) is 0 Å². The Labute approximate surface area is 596 Å². The fourth-order valence-corrected chi connectivity index (χ4v) is 20.2. The van der Waals surface area contributed by atoms with E-state index in [1.165, 1.54) is 166 Å². The van der Waals surface area contributed by atoms with Crippen LogP contribution in [0.15, 0.2) is 288 Å². The second kappa shape index (κ2) is 21.9. The summed E-state index contributed by atoms with van der Waals surface area (Å²) in [6.45, 7) is 8.47. The van der Waals surface area contributed by atoms with Crippen molar-refractivity contribution in [2.75, 3.05) is 0 Å². The third kappa shape index (κ3) is 8.52. The van der Waals surface area contributed by atoms with Crippen molar-refractivity contribution in [3.05, 3.63) is 336 Å². The van der Waals surface area contributed by atoms with Crippen LogP contribution in [0.4, 0.5) is 0 Å². The Bertz CT molecular complexity index is 5850. The van der Waals surface area contributed by atoms with Crippen LogP contribution in [0.3, 0.4) is 0 Å². The molecule has 1 fully saturated rings. The van der Waals surface area contributed by atoms with Gasteiger partial charge in [0.05, 0.1) is 22.0 Å². The molecule has 2 spiro atoms. The van der Waals surface area contributed by atoms with Gasteiger partial charge in [-0.25, -0.2) is 0 Å². The number of halogens is 3. The first-order chi connectivity index (χ1) is 46.8. The zero-order valence-corrected chi connectivity index (χ0v) is 59.9. The summed E-state index contributed by atoms with van der Waals surface area (Å²) in [5.41, 5.74) is 23.6. The van der Waals surface area contributed by atoms with E-state index in [1.54, 1.807) is 0 Å². The number of benzene rings is 14. The molecule has 0 atom stereocenters. The molecule has 8 heteroatoms. The van der Waals surface area contributed by atoms with Crippen LogP contribution in [0.5, 0.6) is 0 Å². The number of thiophene rings is 2. The van der Waals surface area contributed by atoms with Gasteiger partial charge in [0.1, 0.15) is 0 Å². The molecule has 0 amide bonds. The van der Waals surface area contributed by atoms with Crippen LogP contribution in [0.25, 0.3) is 118 Å². The van der Waals surface area contributed by atoms with E-state index in [2.05, 4.69) is 361 Å². The lowest BCUT2D eigenvalue weighted by Crippen LogP contribution is -2.41. The summed E-state index contributed by atoms with van der Waals surface area (Å²) in [6.07, 6.45) is 0. The van der Waals surface area contributed by atoms with Crippen LogP contribution < -0.4 is 5.46 Å². The monoisotopic (exact) mass is 1510 g/mol. The second-order valence-corrected chi connectivity index (χ2v) is 32.3. The molecule has 0 radical (unpaired) electrons. The highest BCUT2D eigenvalue weighted by Crippen LogP contribution is 2.66. The summed E-state index contributed by atoms with van der Waals surface area (Å²) in [4.78, 5) is 0. The summed E-state index contributed by atoms with van der Waals surface area (Å²) in [5.74, 6) is 0. The normalized spacial score (nSPS) is 15.5. The van der Waals surface area contributed by atoms with E-state index in [1.807, 2.05) is 22.7 Å². The predicted octanol–water partition coefficient (Wildman–Crippen LogP) is 24.9. The first kappa shape index (κ1) is 59.0. The molecule has 0 saturated carbocycles. The highest BCUT2D eigenvalue weighted by molar-refractivity contribution is 14.1. The zero-order chi connectivity index (χ0) is 64.6. The standard InChI is InChI=1S/C41H23BrS.C35H29BO2.C12H6BrIS/c42-27-16-20-39-34(23-27)33-21-25(15-19-38(33)43-39)26-14-17-31-32-18-13-24-7-1-2-8-28(24)40(32)41(37(31)22-26)35-11-5-3-9-29(35)30-10-4-6-12-36(30)41;1-33(2)34(3,4)38-36(37-33)23-18-20-27-28-19-17-22-11-5-6-12-24(22)32(28)35(31(27)21-23)29-15-9-7-13-25(29)26-14-8-10-16-30(26)35;13-7-1-3-11-9(5-7)10-6-8(14)2-4-12(10)15-11/h1-23H;5-21H,1-4H3;1-6H. The average molecular weight is 1510 g/mol. The topological polar surface area (TPSA) is 18.5 Å². The van der Waals surface area contributed by atoms with Crippen LogP contribution >= 0.6 is 77.1 Å². The van der Waals surface area contributed by atoms with E-state index in [4.69, 9.17) is 9.31 Å². The van der Waals surface area contributed by atoms with E-state index in [9.17, 15) is 0 Å². The molecule has 14 aromatic carbocycles. The van der Waals surface area contributed by atoms with Gasteiger partial charge in [-0.2, -0.15) is 0 Å². The third-order valence-electron chi connectivity index (χ3n) is 21.6. The molecule has 458 valence electrons. The van der Waals surface area contributed by atoms with Gasteiger partial charge in [-0.15, -0.1) is 22.7 Å². The Morgan fingerprint density at radius 1 is 0.312 bits per heavy atom. The largest absolute Gasteiger partial charge is 0.494 e. The van der Waals surface area contributed by atoms with Gasteiger partial charge in [0.25, 0.3) is 0 Å².